The zero-order valence-corrected chi connectivity index (χ0v) is 14.4. The van der Waals surface area contributed by atoms with Gasteiger partial charge in [0, 0.05) is 0 Å². The largest absolute Gasteiger partial charge is 0.330 e. The fourth-order valence-electron chi connectivity index (χ4n) is 3.84. The van der Waals surface area contributed by atoms with Crippen molar-refractivity contribution < 1.29 is 0 Å². The maximum absolute atomic E-state index is 5.98. The van der Waals surface area contributed by atoms with Gasteiger partial charge in [-0.15, -0.1) is 0 Å². The van der Waals surface area contributed by atoms with Crippen LogP contribution in [0.3, 0.4) is 0 Å². The molecule has 0 saturated heterocycles. The minimum atomic E-state index is 0.242. The average Bonchev–Trinajstić information content (AvgIpc) is 2.71. The average molecular weight is 287 g/mol. The summed E-state index contributed by atoms with van der Waals surface area (Å²) >= 11 is 0. The molecule has 2 rings (SSSR count). The molecule has 21 heavy (non-hydrogen) atoms. The van der Waals surface area contributed by atoms with Gasteiger partial charge in [0.2, 0.25) is 0 Å². The van der Waals surface area contributed by atoms with Gasteiger partial charge < -0.3 is 5.73 Å². The SMILES string of the molecule is CC(CN)C1CCCCCC1c1ccc(C(C)(C)C)cc1. The molecule has 1 nitrogen and oxygen atoms in total. The lowest BCUT2D eigenvalue weighted by atomic mass is 9.75. The predicted molar refractivity (Wildman–Crippen MR) is 92.7 cm³/mol. The third kappa shape index (κ3) is 4.10. The van der Waals surface area contributed by atoms with Crippen LogP contribution < -0.4 is 5.73 Å². The molecule has 1 heteroatoms. The molecule has 2 N–H and O–H groups in total. The van der Waals surface area contributed by atoms with Crippen LogP contribution in [0.25, 0.3) is 0 Å². The minimum Gasteiger partial charge on any atom is -0.330 e. The van der Waals surface area contributed by atoms with Crippen molar-refractivity contribution in [3.8, 4) is 0 Å². The first-order chi connectivity index (χ1) is 9.93. The molecule has 1 fully saturated rings. The normalized spacial score (nSPS) is 25.4. The van der Waals surface area contributed by atoms with E-state index in [1.165, 1.54) is 43.2 Å². The number of nitrogens with two attached hydrogens (primary N) is 1. The summed E-state index contributed by atoms with van der Waals surface area (Å²) in [6, 6.07) is 9.44. The van der Waals surface area contributed by atoms with Gasteiger partial charge in [-0.05, 0) is 53.7 Å². The van der Waals surface area contributed by atoms with Gasteiger partial charge in [-0.25, -0.2) is 0 Å². The lowest BCUT2D eigenvalue weighted by Crippen LogP contribution is -2.25. The van der Waals surface area contributed by atoms with E-state index in [-0.39, 0.29) is 5.41 Å². The Bertz CT molecular complexity index is 426. The van der Waals surface area contributed by atoms with Crippen molar-refractivity contribution in [3.63, 3.8) is 0 Å². The van der Waals surface area contributed by atoms with Gasteiger partial charge >= 0.3 is 0 Å². The molecule has 0 heterocycles. The predicted octanol–water partition coefficient (Wildman–Crippen LogP) is 5.24. The van der Waals surface area contributed by atoms with E-state index < -0.39 is 0 Å². The lowest BCUT2D eigenvalue weighted by Gasteiger charge is -2.31. The highest BCUT2D eigenvalue weighted by Gasteiger charge is 2.29. The first-order valence-electron chi connectivity index (χ1n) is 8.74. The zero-order valence-electron chi connectivity index (χ0n) is 14.4. The molecule has 1 aliphatic rings. The Labute approximate surface area is 131 Å². The smallest absolute Gasteiger partial charge is 0.00486 e. The standard InChI is InChI=1S/C20H33N/c1-15(14-21)18-8-6-5-7-9-19(18)16-10-12-17(13-11-16)20(2,3)4/h10-13,15,18-19H,5-9,14,21H2,1-4H3. The molecule has 0 radical (unpaired) electrons. The second-order valence-electron chi connectivity index (χ2n) is 7.99. The molecule has 1 aliphatic carbocycles. The van der Waals surface area contributed by atoms with Crippen molar-refractivity contribution in [2.75, 3.05) is 6.54 Å². The molecule has 0 amide bonds. The highest BCUT2D eigenvalue weighted by Crippen LogP contribution is 2.40. The summed E-state index contributed by atoms with van der Waals surface area (Å²) in [6.45, 7) is 10.0. The van der Waals surface area contributed by atoms with Crippen LogP contribution in [0.4, 0.5) is 0 Å². The second-order valence-corrected chi connectivity index (χ2v) is 7.99. The van der Waals surface area contributed by atoms with Crippen molar-refractivity contribution in [2.45, 2.75) is 71.1 Å². The van der Waals surface area contributed by atoms with Gasteiger partial charge in [-0.2, -0.15) is 0 Å². The van der Waals surface area contributed by atoms with Gasteiger partial charge in [-0.1, -0.05) is 71.2 Å². The van der Waals surface area contributed by atoms with Crippen LogP contribution in [0.1, 0.15) is 76.8 Å². The molecule has 3 atom stereocenters. The second kappa shape index (κ2) is 6.96. The van der Waals surface area contributed by atoms with E-state index in [0.717, 1.165) is 12.5 Å². The highest BCUT2D eigenvalue weighted by atomic mass is 14.6. The number of hydrogen-bond acceptors (Lipinski definition) is 1. The maximum Gasteiger partial charge on any atom is -0.00486 e. The van der Waals surface area contributed by atoms with Crippen LogP contribution in [0, 0.1) is 11.8 Å². The number of hydrogen-bond donors (Lipinski definition) is 1. The molecule has 1 saturated carbocycles. The third-order valence-electron chi connectivity index (χ3n) is 5.38. The van der Waals surface area contributed by atoms with E-state index >= 15 is 0 Å². The third-order valence-corrected chi connectivity index (χ3v) is 5.38. The Balaban J connectivity index is 2.23. The number of benzene rings is 1. The fourth-order valence-corrected chi connectivity index (χ4v) is 3.84. The Morgan fingerprint density at radius 3 is 2.24 bits per heavy atom. The fraction of sp³-hybridized carbons (Fsp3) is 0.700. The molecule has 1 aromatic carbocycles. The highest BCUT2D eigenvalue weighted by molar-refractivity contribution is 5.30. The van der Waals surface area contributed by atoms with Crippen LogP contribution in [-0.4, -0.2) is 6.54 Å². The molecule has 1 aromatic rings. The van der Waals surface area contributed by atoms with E-state index in [0.29, 0.717) is 11.8 Å². The van der Waals surface area contributed by atoms with Crippen LogP contribution in [0.15, 0.2) is 24.3 Å². The molecule has 0 aliphatic heterocycles. The Hall–Kier alpha value is -0.820. The van der Waals surface area contributed by atoms with E-state index in [4.69, 9.17) is 5.73 Å². The van der Waals surface area contributed by atoms with Crippen LogP contribution >= 0.6 is 0 Å². The Morgan fingerprint density at radius 1 is 1.05 bits per heavy atom. The van der Waals surface area contributed by atoms with Crippen molar-refractivity contribution >= 4 is 0 Å². The van der Waals surface area contributed by atoms with Gasteiger partial charge in [-0.3, -0.25) is 0 Å². The first-order valence-corrected chi connectivity index (χ1v) is 8.74. The molecular formula is C20H33N. The minimum absolute atomic E-state index is 0.242. The van der Waals surface area contributed by atoms with E-state index in [1.54, 1.807) is 0 Å². The van der Waals surface area contributed by atoms with E-state index in [1.807, 2.05) is 0 Å². The summed E-state index contributed by atoms with van der Waals surface area (Å²) in [5.74, 6) is 2.11. The zero-order chi connectivity index (χ0) is 15.5. The summed E-state index contributed by atoms with van der Waals surface area (Å²) in [7, 11) is 0. The first kappa shape index (κ1) is 16.5. The van der Waals surface area contributed by atoms with Gasteiger partial charge in [0.1, 0.15) is 0 Å². The Kier molecular flexibility index (Phi) is 5.48. The molecule has 0 bridgehead atoms. The van der Waals surface area contributed by atoms with E-state index in [2.05, 4.69) is 52.0 Å². The molecular weight excluding hydrogens is 254 g/mol. The quantitative estimate of drug-likeness (QED) is 0.756. The Morgan fingerprint density at radius 2 is 1.67 bits per heavy atom. The molecule has 118 valence electrons. The summed E-state index contributed by atoms with van der Waals surface area (Å²) in [4.78, 5) is 0. The molecule has 0 aromatic heterocycles. The van der Waals surface area contributed by atoms with Crippen molar-refractivity contribution in [3.05, 3.63) is 35.4 Å². The number of rotatable bonds is 3. The van der Waals surface area contributed by atoms with Crippen LogP contribution in [0.5, 0.6) is 0 Å². The van der Waals surface area contributed by atoms with Crippen LogP contribution in [0.2, 0.25) is 0 Å². The van der Waals surface area contributed by atoms with Crippen molar-refractivity contribution in [1.29, 1.82) is 0 Å². The summed E-state index contributed by atoms with van der Waals surface area (Å²) < 4.78 is 0. The summed E-state index contributed by atoms with van der Waals surface area (Å²) in [5, 5.41) is 0. The van der Waals surface area contributed by atoms with Crippen molar-refractivity contribution in [2.24, 2.45) is 17.6 Å². The topological polar surface area (TPSA) is 26.0 Å². The lowest BCUT2D eigenvalue weighted by molar-refractivity contribution is 0.287. The van der Waals surface area contributed by atoms with Gasteiger partial charge in [0.15, 0.2) is 0 Å². The summed E-state index contributed by atoms with van der Waals surface area (Å²) in [5.41, 5.74) is 9.19. The van der Waals surface area contributed by atoms with Gasteiger partial charge in [0.05, 0.1) is 0 Å². The molecule has 0 spiro atoms. The molecule has 3 unspecified atom stereocenters. The monoisotopic (exact) mass is 287 g/mol. The van der Waals surface area contributed by atoms with Gasteiger partial charge in [0.25, 0.3) is 0 Å². The van der Waals surface area contributed by atoms with Crippen LogP contribution in [-0.2, 0) is 5.41 Å². The van der Waals surface area contributed by atoms with Crippen molar-refractivity contribution in [1.82, 2.24) is 0 Å². The maximum atomic E-state index is 5.98. The summed E-state index contributed by atoms with van der Waals surface area (Å²) in [6.07, 6.45) is 6.84. The van der Waals surface area contributed by atoms with E-state index in [9.17, 15) is 0 Å².